The van der Waals surface area contributed by atoms with Gasteiger partial charge >= 0.3 is 22.2 Å². The highest BCUT2D eigenvalue weighted by Crippen LogP contribution is 2.38. The van der Waals surface area contributed by atoms with E-state index in [1.165, 1.54) is 12.3 Å². The molecule has 0 radical (unpaired) electrons. The second-order valence-electron chi connectivity index (χ2n) is 4.99. The lowest BCUT2D eigenvalue weighted by Gasteiger charge is -2.19. The molecule has 1 aromatic heterocycles. The fourth-order valence-corrected chi connectivity index (χ4v) is 4.33. The van der Waals surface area contributed by atoms with E-state index >= 15 is 0 Å². The van der Waals surface area contributed by atoms with Gasteiger partial charge in [0, 0.05) is 17.8 Å². The van der Waals surface area contributed by atoms with Gasteiger partial charge in [0.15, 0.2) is 9.96 Å². The average molecular weight is 400 g/mol. The molecule has 0 atom stereocenters. The second-order valence-corrected chi connectivity index (χ2v) is 8.41. The van der Waals surface area contributed by atoms with Gasteiger partial charge in [0.05, 0.1) is 4.47 Å². The molecule has 0 bridgehead atoms. The summed E-state index contributed by atoms with van der Waals surface area (Å²) in [6.45, 7) is 6.23. The first-order valence-electron chi connectivity index (χ1n) is 5.64. The molecule has 0 fully saturated rings. The van der Waals surface area contributed by atoms with Crippen molar-refractivity contribution in [2.24, 2.45) is 0 Å². The fourth-order valence-electron chi connectivity index (χ4n) is 1.17. The van der Waals surface area contributed by atoms with E-state index in [-0.39, 0.29) is 14.4 Å². The first kappa shape index (κ1) is 17.9. The number of carbonyl (C=O) groups excluding carboxylic acids is 2. The normalized spacial score (nSPS) is 11.9. The highest BCUT2D eigenvalue weighted by molar-refractivity contribution is 9.10. The van der Waals surface area contributed by atoms with Crippen LogP contribution in [0, 0.1) is 0 Å². The molecule has 1 aromatic rings. The Morgan fingerprint density at radius 1 is 1.33 bits per heavy atom. The van der Waals surface area contributed by atoms with E-state index in [1.54, 1.807) is 20.8 Å². The van der Waals surface area contributed by atoms with E-state index < -0.39 is 27.7 Å². The Kier molecular flexibility index (Phi) is 5.40. The van der Waals surface area contributed by atoms with E-state index in [2.05, 4.69) is 25.4 Å². The summed E-state index contributed by atoms with van der Waals surface area (Å²) in [6, 6.07) is 0. The molecular weight excluding hydrogens is 386 g/mol. The number of thiophene rings is 1. The van der Waals surface area contributed by atoms with Crippen molar-refractivity contribution >= 4 is 49.4 Å². The van der Waals surface area contributed by atoms with Gasteiger partial charge in [0.1, 0.15) is 0 Å². The van der Waals surface area contributed by atoms with Gasteiger partial charge in [0.25, 0.3) is 0 Å². The van der Waals surface area contributed by atoms with Gasteiger partial charge in [-0.05, 0) is 36.7 Å². The number of esters is 1. The fraction of sp³-hybridized carbons (Fsp3) is 0.455. The van der Waals surface area contributed by atoms with Crippen LogP contribution in [0.5, 0.6) is 5.75 Å². The van der Waals surface area contributed by atoms with Crippen molar-refractivity contribution in [1.29, 1.82) is 0 Å². The third-order valence-corrected chi connectivity index (χ3v) is 5.80. The maximum absolute atomic E-state index is 12.0. The van der Waals surface area contributed by atoms with E-state index in [9.17, 15) is 18.0 Å². The average Bonchev–Trinajstić information content (AvgIpc) is 2.56. The van der Waals surface area contributed by atoms with Crippen molar-refractivity contribution in [3.63, 3.8) is 0 Å². The zero-order valence-corrected chi connectivity index (χ0v) is 14.9. The molecule has 21 heavy (non-hydrogen) atoms. The SMILES string of the molecule is CC(=O)Oc1csc(S(=O)(=O)OC(=O)NC(C)(C)C)c1Br. The number of rotatable bonds is 3. The lowest BCUT2D eigenvalue weighted by atomic mass is 10.1. The standard InChI is InChI=1S/C11H14BrNO6S2/c1-6(14)18-7-5-20-9(8(7)12)21(16,17)19-10(15)13-11(2,3)4/h5H,1-4H3,(H,13,15). The van der Waals surface area contributed by atoms with Crippen molar-refractivity contribution in [3.8, 4) is 5.75 Å². The second kappa shape index (κ2) is 6.32. The summed E-state index contributed by atoms with van der Waals surface area (Å²) in [4.78, 5) is 22.4. The predicted octanol–water partition coefficient (Wildman–Crippen LogP) is 2.65. The zero-order chi connectivity index (χ0) is 16.4. The minimum absolute atomic E-state index is 0.0336. The van der Waals surface area contributed by atoms with E-state index in [1.807, 2.05) is 0 Å². The van der Waals surface area contributed by atoms with Crippen LogP contribution >= 0.6 is 27.3 Å². The molecule has 1 heterocycles. The molecule has 10 heteroatoms. The smallest absolute Gasteiger partial charge is 0.423 e. The molecule has 0 saturated carbocycles. The zero-order valence-electron chi connectivity index (χ0n) is 11.7. The highest BCUT2D eigenvalue weighted by atomic mass is 79.9. The van der Waals surface area contributed by atoms with Gasteiger partial charge < -0.3 is 14.2 Å². The largest absolute Gasteiger partial charge is 0.425 e. The first-order chi connectivity index (χ1) is 9.42. The molecule has 0 spiro atoms. The van der Waals surface area contributed by atoms with Crippen LogP contribution in [-0.2, 0) is 19.1 Å². The Morgan fingerprint density at radius 2 is 1.90 bits per heavy atom. The Balaban J connectivity index is 2.96. The third kappa shape index (κ3) is 5.29. The summed E-state index contributed by atoms with van der Waals surface area (Å²) in [7, 11) is -4.31. The van der Waals surface area contributed by atoms with Crippen molar-refractivity contribution in [3.05, 3.63) is 9.85 Å². The van der Waals surface area contributed by atoms with Crippen LogP contribution in [0.3, 0.4) is 0 Å². The Morgan fingerprint density at radius 3 is 2.38 bits per heavy atom. The molecule has 1 rings (SSSR count). The topological polar surface area (TPSA) is 98.8 Å². The molecule has 1 amide bonds. The summed E-state index contributed by atoms with van der Waals surface area (Å²) in [5.41, 5.74) is -0.637. The molecule has 7 nitrogen and oxygen atoms in total. The van der Waals surface area contributed by atoms with E-state index in [0.29, 0.717) is 0 Å². The molecule has 0 aromatic carbocycles. The van der Waals surface area contributed by atoms with E-state index in [0.717, 1.165) is 11.3 Å². The van der Waals surface area contributed by atoms with Crippen LogP contribution in [0.15, 0.2) is 14.1 Å². The monoisotopic (exact) mass is 399 g/mol. The molecule has 0 unspecified atom stereocenters. The van der Waals surface area contributed by atoms with E-state index in [4.69, 9.17) is 4.74 Å². The predicted molar refractivity (Wildman–Crippen MR) is 79.9 cm³/mol. The Hall–Kier alpha value is -1.13. The van der Waals surface area contributed by atoms with Crippen molar-refractivity contribution in [2.45, 2.75) is 37.4 Å². The van der Waals surface area contributed by atoms with Crippen LogP contribution in [0.25, 0.3) is 0 Å². The number of hydrogen-bond donors (Lipinski definition) is 1. The Labute approximate surface area is 134 Å². The first-order valence-corrected chi connectivity index (χ1v) is 8.72. The molecule has 0 aliphatic heterocycles. The Bertz CT molecular complexity index is 659. The van der Waals surface area contributed by atoms with Crippen LogP contribution in [0.2, 0.25) is 0 Å². The summed E-state index contributed by atoms with van der Waals surface area (Å²) in [5.74, 6) is -0.547. The number of halogens is 1. The minimum Gasteiger partial charge on any atom is -0.425 e. The van der Waals surface area contributed by atoms with Gasteiger partial charge in [0.2, 0.25) is 0 Å². The molecule has 0 saturated heterocycles. The van der Waals surface area contributed by atoms with Crippen LogP contribution < -0.4 is 10.1 Å². The van der Waals surface area contributed by atoms with Crippen LogP contribution in [0.4, 0.5) is 4.79 Å². The minimum atomic E-state index is -4.31. The van der Waals surface area contributed by atoms with Gasteiger partial charge in [-0.3, -0.25) is 4.79 Å². The maximum atomic E-state index is 12.0. The summed E-state index contributed by atoms with van der Waals surface area (Å²) in [6.07, 6.45) is -1.09. The molecule has 1 N–H and O–H groups in total. The highest BCUT2D eigenvalue weighted by Gasteiger charge is 2.29. The summed E-state index contributed by atoms with van der Waals surface area (Å²) in [5, 5.41) is 3.69. The molecule has 0 aliphatic rings. The summed E-state index contributed by atoms with van der Waals surface area (Å²) < 4.78 is 33.1. The van der Waals surface area contributed by atoms with Crippen molar-refractivity contribution < 1.29 is 26.9 Å². The molecule has 0 aliphatic carbocycles. The van der Waals surface area contributed by atoms with Gasteiger partial charge in [-0.1, -0.05) is 0 Å². The molecule has 118 valence electrons. The number of ether oxygens (including phenoxy) is 1. The van der Waals surface area contributed by atoms with Crippen LogP contribution in [-0.4, -0.2) is 26.0 Å². The number of carbonyl (C=O) groups is 2. The number of amides is 1. The number of nitrogens with one attached hydrogen (secondary N) is 1. The van der Waals surface area contributed by atoms with Crippen molar-refractivity contribution in [1.82, 2.24) is 5.32 Å². The van der Waals surface area contributed by atoms with Gasteiger partial charge in [-0.25, -0.2) is 4.79 Å². The molecular formula is C11H14BrNO6S2. The van der Waals surface area contributed by atoms with Gasteiger partial charge in [-0.2, -0.15) is 8.42 Å². The number of hydrogen-bond acceptors (Lipinski definition) is 7. The quantitative estimate of drug-likeness (QED) is 0.619. The lowest BCUT2D eigenvalue weighted by Crippen LogP contribution is -2.41. The van der Waals surface area contributed by atoms with Crippen molar-refractivity contribution in [2.75, 3.05) is 0 Å². The summed E-state index contributed by atoms with van der Waals surface area (Å²) >= 11 is 3.78. The van der Waals surface area contributed by atoms with Gasteiger partial charge in [-0.15, -0.1) is 11.3 Å². The maximum Gasteiger partial charge on any atom is 0.423 e. The van der Waals surface area contributed by atoms with Crippen LogP contribution in [0.1, 0.15) is 27.7 Å². The lowest BCUT2D eigenvalue weighted by molar-refractivity contribution is -0.131. The third-order valence-electron chi connectivity index (χ3n) is 1.81.